The smallest absolute Gasteiger partial charge is 0.267 e. The molecule has 2 aromatic heterocycles. The Morgan fingerprint density at radius 2 is 2.35 bits per heavy atom. The molecule has 2 rings (SSSR count). The maximum atomic E-state index is 11.6. The molecule has 17 heavy (non-hydrogen) atoms. The summed E-state index contributed by atoms with van der Waals surface area (Å²) >= 11 is 6.47. The summed E-state index contributed by atoms with van der Waals surface area (Å²) in [5.41, 5.74) is 3.15. The summed E-state index contributed by atoms with van der Waals surface area (Å²) in [6.45, 7) is 1.97. The zero-order valence-electron chi connectivity index (χ0n) is 8.94. The Kier molecular flexibility index (Phi) is 4.09. The number of amides is 1. The third kappa shape index (κ3) is 3.49. The molecule has 0 radical (unpaired) electrons. The molecule has 2 heterocycles. The SMILES string of the molecule is Cc1cc(C(=O)N/N=C\c2ccc(Br)s2)cs1. The zero-order valence-corrected chi connectivity index (χ0v) is 12.2. The normalized spacial score (nSPS) is 10.9. The standard InChI is InChI=1S/C11H9BrN2OS2/c1-7-4-8(6-16-7)11(15)14-13-5-9-2-3-10(12)17-9/h2-6H,1H3,(H,14,15)/b13-5-. The van der Waals surface area contributed by atoms with E-state index in [0.717, 1.165) is 13.5 Å². The highest BCUT2D eigenvalue weighted by Crippen LogP contribution is 2.20. The average molecular weight is 329 g/mol. The number of nitrogens with one attached hydrogen (secondary N) is 1. The Morgan fingerprint density at radius 3 is 2.94 bits per heavy atom. The third-order valence-electron chi connectivity index (χ3n) is 1.94. The fourth-order valence-corrected chi connectivity index (χ4v) is 3.16. The second kappa shape index (κ2) is 5.57. The summed E-state index contributed by atoms with van der Waals surface area (Å²) in [7, 11) is 0. The maximum absolute atomic E-state index is 11.6. The first kappa shape index (κ1) is 12.5. The van der Waals surface area contributed by atoms with Crippen LogP contribution in [0.2, 0.25) is 0 Å². The molecule has 0 aliphatic rings. The molecule has 1 amide bonds. The second-order valence-electron chi connectivity index (χ2n) is 3.29. The van der Waals surface area contributed by atoms with Gasteiger partial charge >= 0.3 is 0 Å². The monoisotopic (exact) mass is 328 g/mol. The number of aryl methyl sites for hydroxylation is 1. The molecule has 88 valence electrons. The van der Waals surface area contributed by atoms with E-state index in [9.17, 15) is 4.79 Å². The van der Waals surface area contributed by atoms with Crippen LogP contribution in [0.15, 0.2) is 32.5 Å². The minimum atomic E-state index is -0.179. The van der Waals surface area contributed by atoms with Gasteiger partial charge in [0.1, 0.15) is 0 Å². The molecule has 0 spiro atoms. The Balaban J connectivity index is 1.94. The molecule has 0 atom stereocenters. The van der Waals surface area contributed by atoms with Crippen molar-refractivity contribution in [1.82, 2.24) is 5.43 Å². The lowest BCUT2D eigenvalue weighted by Crippen LogP contribution is -2.16. The van der Waals surface area contributed by atoms with Crippen molar-refractivity contribution in [3.8, 4) is 0 Å². The van der Waals surface area contributed by atoms with Crippen molar-refractivity contribution in [2.75, 3.05) is 0 Å². The van der Waals surface area contributed by atoms with Crippen LogP contribution < -0.4 is 5.43 Å². The van der Waals surface area contributed by atoms with Gasteiger partial charge in [-0.25, -0.2) is 5.43 Å². The number of rotatable bonds is 3. The zero-order chi connectivity index (χ0) is 12.3. The predicted octanol–water partition coefficient (Wildman–Crippen LogP) is 3.64. The predicted molar refractivity (Wildman–Crippen MR) is 76.1 cm³/mol. The molecule has 0 unspecified atom stereocenters. The molecule has 0 aliphatic carbocycles. The fraction of sp³-hybridized carbons (Fsp3) is 0.0909. The van der Waals surface area contributed by atoms with Gasteiger partial charge in [0.15, 0.2) is 0 Å². The Labute approximate surface area is 115 Å². The number of thiophene rings is 2. The molecule has 0 aromatic carbocycles. The summed E-state index contributed by atoms with van der Waals surface area (Å²) in [5.74, 6) is -0.179. The fourth-order valence-electron chi connectivity index (χ4n) is 1.18. The quantitative estimate of drug-likeness (QED) is 0.678. The molecule has 0 saturated heterocycles. The van der Waals surface area contributed by atoms with E-state index in [1.807, 2.05) is 30.5 Å². The molecule has 0 aliphatic heterocycles. The van der Waals surface area contributed by atoms with Crippen LogP contribution in [0.4, 0.5) is 0 Å². The van der Waals surface area contributed by atoms with E-state index in [4.69, 9.17) is 0 Å². The molecular weight excluding hydrogens is 320 g/mol. The van der Waals surface area contributed by atoms with Crippen molar-refractivity contribution in [3.05, 3.63) is 42.7 Å². The lowest BCUT2D eigenvalue weighted by Gasteiger charge is -1.94. The first-order valence-corrected chi connectivity index (χ1v) is 7.28. The summed E-state index contributed by atoms with van der Waals surface area (Å²) in [5, 5.41) is 5.73. The van der Waals surface area contributed by atoms with Crippen LogP contribution in [0.1, 0.15) is 20.1 Å². The van der Waals surface area contributed by atoms with Gasteiger partial charge in [-0.1, -0.05) is 0 Å². The summed E-state index contributed by atoms with van der Waals surface area (Å²) in [6, 6.07) is 5.71. The number of carbonyl (C=O) groups excluding carboxylic acids is 1. The molecule has 1 N–H and O–H groups in total. The molecule has 2 aromatic rings. The van der Waals surface area contributed by atoms with E-state index in [2.05, 4.69) is 26.5 Å². The largest absolute Gasteiger partial charge is 0.272 e. The highest BCUT2D eigenvalue weighted by atomic mass is 79.9. The number of halogens is 1. The van der Waals surface area contributed by atoms with Crippen LogP contribution in [0.5, 0.6) is 0 Å². The van der Waals surface area contributed by atoms with Crippen LogP contribution in [0.3, 0.4) is 0 Å². The molecular formula is C11H9BrN2OS2. The first-order valence-electron chi connectivity index (χ1n) is 4.79. The Morgan fingerprint density at radius 1 is 1.53 bits per heavy atom. The van der Waals surface area contributed by atoms with Crippen molar-refractivity contribution < 1.29 is 4.79 Å². The van der Waals surface area contributed by atoms with E-state index in [1.165, 1.54) is 0 Å². The van der Waals surface area contributed by atoms with Crippen molar-refractivity contribution >= 4 is 50.7 Å². The van der Waals surface area contributed by atoms with Crippen LogP contribution in [0.25, 0.3) is 0 Å². The van der Waals surface area contributed by atoms with E-state index in [1.54, 1.807) is 28.9 Å². The summed E-state index contributed by atoms with van der Waals surface area (Å²) in [4.78, 5) is 13.7. The topological polar surface area (TPSA) is 41.5 Å². The van der Waals surface area contributed by atoms with Crippen molar-refractivity contribution in [3.63, 3.8) is 0 Å². The highest BCUT2D eigenvalue weighted by Gasteiger charge is 2.05. The molecule has 0 fully saturated rings. The van der Waals surface area contributed by atoms with Gasteiger partial charge in [0.2, 0.25) is 0 Å². The first-order chi connectivity index (χ1) is 8.15. The van der Waals surface area contributed by atoms with Crippen molar-refractivity contribution in [1.29, 1.82) is 0 Å². The molecule has 0 bridgehead atoms. The second-order valence-corrected chi connectivity index (χ2v) is 6.90. The summed E-state index contributed by atoms with van der Waals surface area (Å²) < 4.78 is 1.04. The highest BCUT2D eigenvalue weighted by molar-refractivity contribution is 9.11. The van der Waals surface area contributed by atoms with Gasteiger partial charge in [-0.2, -0.15) is 5.10 Å². The van der Waals surface area contributed by atoms with E-state index >= 15 is 0 Å². The van der Waals surface area contributed by atoms with Crippen LogP contribution >= 0.6 is 38.6 Å². The summed E-state index contributed by atoms with van der Waals surface area (Å²) in [6.07, 6.45) is 1.63. The van der Waals surface area contributed by atoms with Gasteiger partial charge < -0.3 is 0 Å². The van der Waals surface area contributed by atoms with Crippen LogP contribution in [-0.4, -0.2) is 12.1 Å². The Bertz CT molecular complexity index is 559. The number of carbonyl (C=O) groups is 1. The van der Waals surface area contributed by atoms with Crippen molar-refractivity contribution in [2.24, 2.45) is 5.10 Å². The maximum Gasteiger partial charge on any atom is 0.272 e. The molecule has 3 nitrogen and oxygen atoms in total. The van der Waals surface area contributed by atoms with Gasteiger partial charge in [-0.15, -0.1) is 22.7 Å². The van der Waals surface area contributed by atoms with Gasteiger partial charge in [-0.05, 0) is 41.1 Å². The number of hydrogen-bond acceptors (Lipinski definition) is 4. The number of hydrogen-bond donors (Lipinski definition) is 1. The Hall–Kier alpha value is -0.980. The minimum Gasteiger partial charge on any atom is -0.267 e. The van der Waals surface area contributed by atoms with Crippen LogP contribution in [0, 0.1) is 6.92 Å². The lowest BCUT2D eigenvalue weighted by atomic mass is 10.3. The van der Waals surface area contributed by atoms with Gasteiger partial charge in [-0.3, -0.25) is 4.79 Å². The van der Waals surface area contributed by atoms with Crippen LogP contribution in [-0.2, 0) is 0 Å². The van der Waals surface area contributed by atoms with Crippen molar-refractivity contribution in [2.45, 2.75) is 6.92 Å². The third-order valence-corrected chi connectivity index (χ3v) is 4.36. The lowest BCUT2D eigenvalue weighted by molar-refractivity contribution is 0.0955. The van der Waals surface area contributed by atoms with E-state index < -0.39 is 0 Å². The minimum absolute atomic E-state index is 0.179. The van der Waals surface area contributed by atoms with E-state index in [0.29, 0.717) is 5.56 Å². The molecule has 6 heteroatoms. The van der Waals surface area contributed by atoms with Gasteiger partial charge in [0.05, 0.1) is 15.6 Å². The molecule has 0 saturated carbocycles. The van der Waals surface area contributed by atoms with Gasteiger partial charge in [0, 0.05) is 15.1 Å². The number of nitrogens with zero attached hydrogens (tertiary/aromatic N) is 1. The van der Waals surface area contributed by atoms with Gasteiger partial charge in [0.25, 0.3) is 5.91 Å². The average Bonchev–Trinajstić information content (AvgIpc) is 2.88. The number of hydrazone groups is 1. The van der Waals surface area contributed by atoms with E-state index in [-0.39, 0.29) is 5.91 Å².